The van der Waals surface area contributed by atoms with Crippen LogP contribution in [0.4, 0.5) is 5.69 Å². The molecule has 134 valence electrons. The lowest BCUT2D eigenvalue weighted by atomic mass is 9.97. The van der Waals surface area contributed by atoms with Gasteiger partial charge in [-0.05, 0) is 29.7 Å². The van der Waals surface area contributed by atoms with Crippen LogP contribution in [0.3, 0.4) is 0 Å². The van der Waals surface area contributed by atoms with Crippen LogP contribution < -0.4 is 5.32 Å². The molecule has 2 aromatic carbocycles. The normalized spacial score (nSPS) is 12.8. The second kappa shape index (κ2) is 7.99. The number of rotatable bonds is 6. The van der Waals surface area contributed by atoms with Crippen molar-refractivity contribution in [3.05, 3.63) is 59.1 Å². The van der Waals surface area contributed by atoms with Crippen molar-refractivity contribution < 1.29 is 13.2 Å². The van der Waals surface area contributed by atoms with Crippen molar-refractivity contribution in [2.24, 2.45) is 0 Å². The summed E-state index contributed by atoms with van der Waals surface area (Å²) >= 11 is 6.01. The van der Waals surface area contributed by atoms with Crippen LogP contribution in [0.25, 0.3) is 0 Å². The number of nitrogens with one attached hydrogen (secondary N) is 1. The van der Waals surface area contributed by atoms with Gasteiger partial charge in [-0.1, -0.05) is 48.9 Å². The molecule has 2 aromatic rings. The van der Waals surface area contributed by atoms with E-state index in [9.17, 15) is 13.2 Å². The summed E-state index contributed by atoms with van der Waals surface area (Å²) in [5, 5.41) is 2.86. The maximum Gasteiger partial charge on any atom is 0.244 e. The second-order valence-electron chi connectivity index (χ2n) is 6.00. The highest BCUT2D eigenvalue weighted by Crippen LogP contribution is 2.27. The number of hydrogen-bond acceptors (Lipinski definition) is 3. The molecule has 0 aliphatic carbocycles. The predicted molar refractivity (Wildman–Crippen MR) is 100 cm³/mol. The van der Waals surface area contributed by atoms with Gasteiger partial charge in [0.2, 0.25) is 15.9 Å². The molecule has 0 saturated carbocycles. The van der Waals surface area contributed by atoms with E-state index in [2.05, 4.69) is 5.32 Å². The molecule has 0 aliphatic heterocycles. The van der Waals surface area contributed by atoms with Crippen molar-refractivity contribution in [3.63, 3.8) is 0 Å². The average molecular weight is 381 g/mol. The summed E-state index contributed by atoms with van der Waals surface area (Å²) in [5.41, 5.74) is 1.47. The van der Waals surface area contributed by atoms with Crippen LogP contribution in [0.15, 0.2) is 53.4 Å². The molecule has 25 heavy (non-hydrogen) atoms. The summed E-state index contributed by atoms with van der Waals surface area (Å²) in [7, 11) is -0.824. The van der Waals surface area contributed by atoms with E-state index in [0.717, 1.165) is 9.87 Å². The first-order valence-electron chi connectivity index (χ1n) is 7.78. The van der Waals surface area contributed by atoms with Crippen molar-refractivity contribution in [1.29, 1.82) is 0 Å². The first kappa shape index (κ1) is 19.4. The fourth-order valence-corrected chi connectivity index (χ4v) is 3.76. The van der Waals surface area contributed by atoms with Crippen molar-refractivity contribution in [3.8, 4) is 0 Å². The molecule has 0 bridgehead atoms. The standard InChI is InChI=1S/C18H21ClN2O3S/c1-13(14-7-5-4-6-8-14)11-18(22)20-15-9-10-16(19)17(12-15)25(23,24)21(2)3/h4-10,12-13H,11H2,1-3H3,(H,20,22)/t13-/m0/s1. The molecule has 5 nitrogen and oxygen atoms in total. The molecule has 0 aliphatic rings. The molecular weight excluding hydrogens is 360 g/mol. The van der Waals surface area contributed by atoms with Crippen LogP contribution in [-0.4, -0.2) is 32.7 Å². The van der Waals surface area contributed by atoms with Crippen molar-refractivity contribution in [2.45, 2.75) is 24.2 Å². The zero-order chi connectivity index (χ0) is 18.6. The predicted octanol–water partition coefficient (Wildman–Crippen LogP) is 3.72. The molecule has 0 heterocycles. The molecule has 1 N–H and O–H groups in total. The minimum atomic E-state index is -3.68. The van der Waals surface area contributed by atoms with Gasteiger partial charge in [0.05, 0.1) is 5.02 Å². The quantitative estimate of drug-likeness (QED) is 0.830. The van der Waals surface area contributed by atoms with E-state index in [0.29, 0.717) is 12.1 Å². The number of sulfonamides is 1. The molecule has 0 fully saturated rings. The first-order valence-corrected chi connectivity index (χ1v) is 9.60. The van der Waals surface area contributed by atoms with Crippen LogP contribution >= 0.6 is 11.6 Å². The third-order valence-corrected chi connectivity index (χ3v) is 6.13. The van der Waals surface area contributed by atoms with Crippen molar-refractivity contribution in [1.82, 2.24) is 4.31 Å². The Balaban J connectivity index is 2.14. The number of amides is 1. The van der Waals surface area contributed by atoms with Gasteiger partial charge in [-0.2, -0.15) is 0 Å². The maximum absolute atomic E-state index is 12.3. The van der Waals surface area contributed by atoms with E-state index in [1.54, 1.807) is 6.07 Å². The van der Waals surface area contributed by atoms with Gasteiger partial charge in [-0.15, -0.1) is 0 Å². The van der Waals surface area contributed by atoms with Gasteiger partial charge < -0.3 is 5.32 Å². The monoisotopic (exact) mass is 380 g/mol. The largest absolute Gasteiger partial charge is 0.326 e. The lowest BCUT2D eigenvalue weighted by Gasteiger charge is -2.15. The molecule has 0 saturated heterocycles. The number of halogens is 1. The van der Waals surface area contributed by atoms with Crippen molar-refractivity contribution >= 4 is 33.2 Å². The van der Waals surface area contributed by atoms with Gasteiger partial charge >= 0.3 is 0 Å². The zero-order valence-corrected chi connectivity index (χ0v) is 15.9. The molecule has 0 aromatic heterocycles. The topological polar surface area (TPSA) is 66.5 Å². The smallest absolute Gasteiger partial charge is 0.244 e. The van der Waals surface area contributed by atoms with E-state index in [4.69, 9.17) is 11.6 Å². The highest BCUT2D eigenvalue weighted by Gasteiger charge is 2.21. The lowest BCUT2D eigenvalue weighted by Crippen LogP contribution is -2.23. The van der Waals surface area contributed by atoms with Gasteiger partial charge in [0.25, 0.3) is 0 Å². The van der Waals surface area contributed by atoms with Crippen LogP contribution in [0.2, 0.25) is 5.02 Å². The number of carbonyl (C=O) groups is 1. The minimum absolute atomic E-state index is 0.0342. The Hall–Kier alpha value is -1.89. The molecule has 1 amide bonds. The summed E-state index contributed by atoms with van der Waals surface area (Å²) in [6.07, 6.45) is 0.294. The highest BCUT2D eigenvalue weighted by molar-refractivity contribution is 7.89. The fraction of sp³-hybridized carbons (Fsp3) is 0.278. The lowest BCUT2D eigenvalue weighted by molar-refractivity contribution is -0.116. The molecule has 0 unspecified atom stereocenters. The number of nitrogens with zero attached hydrogens (tertiary/aromatic N) is 1. The Labute approximate surface area is 153 Å². The van der Waals surface area contributed by atoms with Gasteiger partial charge in [0, 0.05) is 26.2 Å². The summed E-state index contributed by atoms with van der Waals surface area (Å²) < 4.78 is 25.6. The van der Waals surface area contributed by atoms with Crippen LogP contribution in [0.1, 0.15) is 24.8 Å². The van der Waals surface area contributed by atoms with E-state index in [1.165, 1.54) is 26.2 Å². The number of carbonyl (C=O) groups excluding carboxylic acids is 1. The van der Waals surface area contributed by atoms with Crippen LogP contribution in [0, 0.1) is 0 Å². The van der Waals surface area contributed by atoms with Crippen LogP contribution in [-0.2, 0) is 14.8 Å². The molecule has 0 radical (unpaired) electrons. The Morgan fingerprint density at radius 1 is 1.16 bits per heavy atom. The third kappa shape index (κ3) is 4.81. The summed E-state index contributed by atoms with van der Waals surface area (Å²) in [5.74, 6) is -0.134. The van der Waals surface area contributed by atoms with Gasteiger partial charge in [-0.3, -0.25) is 4.79 Å². The van der Waals surface area contributed by atoms with Crippen molar-refractivity contribution in [2.75, 3.05) is 19.4 Å². The first-order chi connectivity index (χ1) is 11.7. The Bertz CT molecular complexity index is 852. The average Bonchev–Trinajstić information content (AvgIpc) is 2.57. The highest BCUT2D eigenvalue weighted by atomic mass is 35.5. The van der Waals surface area contributed by atoms with Crippen LogP contribution in [0.5, 0.6) is 0 Å². The molecule has 7 heteroatoms. The number of benzene rings is 2. The molecule has 0 spiro atoms. The summed E-state index contributed by atoms with van der Waals surface area (Å²) in [6, 6.07) is 14.2. The Kier molecular flexibility index (Phi) is 6.21. The van der Waals surface area contributed by atoms with E-state index < -0.39 is 10.0 Å². The molecule has 1 atom stereocenters. The third-order valence-electron chi connectivity index (χ3n) is 3.83. The molecule has 2 rings (SSSR count). The Morgan fingerprint density at radius 3 is 2.40 bits per heavy atom. The van der Waals surface area contributed by atoms with Gasteiger partial charge in [-0.25, -0.2) is 12.7 Å². The van der Waals surface area contributed by atoms with E-state index >= 15 is 0 Å². The fourth-order valence-electron chi connectivity index (χ4n) is 2.37. The molecular formula is C18H21ClN2O3S. The van der Waals surface area contributed by atoms with E-state index in [-0.39, 0.29) is 21.7 Å². The SMILES string of the molecule is C[C@@H](CC(=O)Nc1ccc(Cl)c(S(=O)(=O)N(C)C)c1)c1ccccc1. The maximum atomic E-state index is 12.3. The zero-order valence-electron chi connectivity index (χ0n) is 14.4. The van der Waals surface area contributed by atoms with Gasteiger partial charge in [0.15, 0.2) is 0 Å². The Morgan fingerprint density at radius 2 is 1.80 bits per heavy atom. The number of hydrogen-bond donors (Lipinski definition) is 1. The second-order valence-corrected chi connectivity index (χ2v) is 8.52. The summed E-state index contributed by atoms with van der Waals surface area (Å²) in [6.45, 7) is 1.97. The van der Waals surface area contributed by atoms with Gasteiger partial charge in [0.1, 0.15) is 4.90 Å². The van der Waals surface area contributed by atoms with E-state index in [1.807, 2.05) is 37.3 Å². The minimum Gasteiger partial charge on any atom is -0.326 e. The summed E-state index contributed by atoms with van der Waals surface area (Å²) in [4.78, 5) is 12.2. The number of anilines is 1.